The van der Waals surface area contributed by atoms with E-state index in [-0.39, 0.29) is 12.1 Å². The molecule has 0 aliphatic heterocycles. The van der Waals surface area contributed by atoms with Crippen LogP contribution in [0, 0.1) is 5.82 Å². The van der Waals surface area contributed by atoms with Gasteiger partial charge in [-0.25, -0.2) is 9.07 Å². The Balaban J connectivity index is 1.79. The van der Waals surface area contributed by atoms with Crippen molar-refractivity contribution in [2.45, 2.75) is 25.4 Å². The Bertz CT molecular complexity index is 710. The van der Waals surface area contributed by atoms with Gasteiger partial charge in [0.25, 0.3) is 5.56 Å². The Labute approximate surface area is 121 Å². The van der Waals surface area contributed by atoms with Gasteiger partial charge in [0.2, 0.25) is 0 Å². The second-order valence-corrected chi connectivity index (χ2v) is 5.12. The minimum atomic E-state index is -0.414. The van der Waals surface area contributed by atoms with Crippen LogP contribution in [-0.4, -0.2) is 22.9 Å². The van der Waals surface area contributed by atoms with Crippen molar-refractivity contribution in [2.24, 2.45) is 0 Å². The molecule has 1 N–H and O–H groups in total. The number of hydrogen-bond donors (Lipinski definition) is 1. The van der Waals surface area contributed by atoms with Crippen LogP contribution in [0.5, 0.6) is 5.75 Å². The van der Waals surface area contributed by atoms with Crippen molar-refractivity contribution in [1.82, 2.24) is 9.78 Å². The van der Waals surface area contributed by atoms with Crippen LogP contribution in [0.15, 0.2) is 35.3 Å². The molecule has 3 rings (SSSR count). The standard InChI is InChI=1S/C15H16FN3O2/c1-21-13-5-2-10(14(16)7-13)9-19-15(20)6-12(8-17-19)18-11-3-4-11/h2,5-8,11,18H,3-4,9H2,1H3. The molecule has 6 heteroatoms. The van der Waals surface area contributed by atoms with Crippen molar-refractivity contribution >= 4 is 5.69 Å². The van der Waals surface area contributed by atoms with E-state index >= 15 is 0 Å². The molecule has 1 heterocycles. The molecule has 1 aromatic heterocycles. The molecule has 1 aliphatic carbocycles. The second-order valence-electron chi connectivity index (χ2n) is 5.12. The van der Waals surface area contributed by atoms with E-state index in [1.807, 2.05) is 0 Å². The van der Waals surface area contributed by atoms with Crippen molar-refractivity contribution in [2.75, 3.05) is 12.4 Å². The summed E-state index contributed by atoms with van der Waals surface area (Å²) >= 11 is 0. The van der Waals surface area contributed by atoms with E-state index in [1.165, 1.54) is 23.9 Å². The summed E-state index contributed by atoms with van der Waals surface area (Å²) in [6.45, 7) is 0.0956. The lowest BCUT2D eigenvalue weighted by Crippen LogP contribution is -2.23. The molecule has 5 nitrogen and oxygen atoms in total. The van der Waals surface area contributed by atoms with E-state index in [0.717, 1.165) is 12.8 Å². The molecule has 2 aromatic rings. The van der Waals surface area contributed by atoms with E-state index < -0.39 is 5.82 Å². The molecular weight excluding hydrogens is 273 g/mol. The lowest BCUT2D eigenvalue weighted by Gasteiger charge is -2.09. The molecule has 0 atom stereocenters. The first-order chi connectivity index (χ1) is 10.2. The number of anilines is 1. The fraction of sp³-hybridized carbons (Fsp3) is 0.333. The van der Waals surface area contributed by atoms with Gasteiger partial charge in [-0.15, -0.1) is 0 Å². The van der Waals surface area contributed by atoms with Crippen molar-refractivity contribution in [3.05, 3.63) is 52.2 Å². The third-order valence-corrected chi connectivity index (χ3v) is 3.40. The first-order valence-electron chi connectivity index (χ1n) is 6.82. The lowest BCUT2D eigenvalue weighted by atomic mass is 10.2. The molecule has 21 heavy (non-hydrogen) atoms. The Morgan fingerprint density at radius 2 is 2.24 bits per heavy atom. The molecule has 0 amide bonds. The molecule has 0 spiro atoms. The summed E-state index contributed by atoms with van der Waals surface area (Å²) in [7, 11) is 1.48. The van der Waals surface area contributed by atoms with Gasteiger partial charge < -0.3 is 10.1 Å². The Morgan fingerprint density at radius 1 is 1.43 bits per heavy atom. The number of nitrogens with zero attached hydrogens (tertiary/aromatic N) is 2. The highest BCUT2D eigenvalue weighted by atomic mass is 19.1. The zero-order valence-electron chi connectivity index (χ0n) is 11.7. The van der Waals surface area contributed by atoms with Crippen LogP contribution in [0.25, 0.3) is 0 Å². The number of ether oxygens (including phenoxy) is 1. The molecule has 0 radical (unpaired) electrons. The van der Waals surface area contributed by atoms with Gasteiger partial charge in [0.05, 0.1) is 25.5 Å². The number of nitrogens with one attached hydrogen (secondary N) is 1. The van der Waals surface area contributed by atoms with Crippen LogP contribution in [0.3, 0.4) is 0 Å². The Kier molecular flexibility index (Phi) is 3.60. The minimum absolute atomic E-state index is 0.0956. The van der Waals surface area contributed by atoms with Crippen molar-refractivity contribution < 1.29 is 9.13 Å². The largest absolute Gasteiger partial charge is 0.497 e. The van der Waals surface area contributed by atoms with Gasteiger partial charge in [0.15, 0.2) is 0 Å². The first kappa shape index (κ1) is 13.6. The number of rotatable bonds is 5. The number of aromatic nitrogens is 2. The summed E-state index contributed by atoms with van der Waals surface area (Å²) in [6.07, 6.45) is 3.85. The summed E-state index contributed by atoms with van der Waals surface area (Å²) < 4.78 is 20.1. The molecule has 1 aliphatic rings. The number of hydrogen-bond acceptors (Lipinski definition) is 4. The summed E-state index contributed by atoms with van der Waals surface area (Å²) in [5, 5.41) is 7.29. The quantitative estimate of drug-likeness (QED) is 0.915. The topological polar surface area (TPSA) is 56.1 Å². The summed E-state index contributed by atoms with van der Waals surface area (Å²) in [5.41, 5.74) is 0.859. The SMILES string of the molecule is COc1ccc(Cn2ncc(NC3CC3)cc2=O)c(F)c1. The molecule has 110 valence electrons. The van der Waals surface area contributed by atoms with E-state index in [1.54, 1.807) is 18.3 Å². The number of methoxy groups -OCH3 is 1. The van der Waals surface area contributed by atoms with Gasteiger partial charge >= 0.3 is 0 Å². The summed E-state index contributed by atoms with van der Waals surface area (Å²) in [4.78, 5) is 12.0. The minimum Gasteiger partial charge on any atom is -0.497 e. The smallest absolute Gasteiger partial charge is 0.269 e. The molecule has 1 aromatic carbocycles. The van der Waals surface area contributed by atoms with Gasteiger partial charge in [-0.05, 0) is 18.9 Å². The van der Waals surface area contributed by atoms with E-state index in [4.69, 9.17) is 4.74 Å². The van der Waals surface area contributed by atoms with Crippen LogP contribution in [-0.2, 0) is 6.54 Å². The zero-order valence-corrected chi connectivity index (χ0v) is 11.7. The van der Waals surface area contributed by atoms with Crippen LogP contribution >= 0.6 is 0 Å². The predicted molar refractivity (Wildman–Crippen MR) is 77.2 cm³/mol. The third-order valence-electron chi connectivity index (χ3n) is 3.40. The highest BCUT2D eigenvalue weighted by molar-refractivity contribution is 5.41. The van der Waals surface area contributed by atoms with Gasteiger partial charge in [-0.1, -0.05) is 6.07 Å². The fourth-order valence-corrected chi connectivity index (χ4v) is 2.04. The van der Waals surface area contributed by atoms with Gasteiger partial charge in [-0.3, -0.25) is 4.79 Å². The average Bonchev–Trinajstić information content (AvgIpc) is 3.27. The monoisotopic (exact) mass is 289 g/mol. The molecular formula is C15H16FN3O2. The molecule has 1 fully saturated rings. The van der Waals surface area contributed by atoms with Crippen LogP contribution in [0.4, 0.5) is 10.1 Å². The first-order valence-corrected chi connectivity index (χ1v) is 6.82. The maximum atomic E-state index is 13.9. The highest BCUT2D eigenvalue weighted by Crippen LogP contribution is 2.23. The maximum Gasteiger partial charge on any atom is 0.269 e. The zero-order chi connectivity index (χ0) is 14.8. The normalized spacial score (nSPS) is 14.0. The number of halogens is 1. The maximum absolute atomic E-state index is 13.9. The van der Waals surface area contributed by atoms with Gasteiger partial charge in [-0.2, -0.15) is 5.10 Å². The van der Waals surface area contributed by atoms with Crippen molar-refractivity contribution in [3.63, 3.8) is 0 Å². The molecule has 0 bridgehead atoms. The molecule has 0 unspecified atom stereocenters. The summed E-state index contributed by atoms with van der Waals surface area (Å²) in [5.74, 6) is 0.0313. The summed E-state index contributed by atoms with van der Waals surface area (Å²) in [6, 6.07) is 6.50. The van der Waals surface area contributed by atoms with E-state index in [9.17, 15) is 9.18 Å². The molecule has 0 saturated heterocycles. The predicted octanol–water partition coefficient (Wildman–Crippen LogP) is 2.01. The molecule has 1 saturated carbocycles. The lowest BCUT2D eigenvalue weighted by molar-refractivity contribution is 0.410. The van der Waals surface area contributed by atoms with Gasteiger partial charge in [0, 0.05) is 23.7 Å². The van der Waals surface area contributed by atoms with Crippen molar-refractivity contribution in [3.8, 4) is 5.75 Å². The third kappa shape index (κ3) is 3.21. The fourth-order valence-electron chi connectivity index (χ4n) is 2.04. The Morgan fingerprint density at radius 3 is 2.86 bits per heavy atom. The average molecular weight is 289 g/mol. The van der Waals surface area contributed by atoms with Crippen molar-refractivity contribution in [1.29, 1.82) is 0 Å². The van der Waals surface area contributed by atoms with E-state index in [2.05, 4.69) is 10.4 Å². The highest BCUT2D eigenvalue weighted by Gasteiger charge is 2.21. The van der Waals surface area contributed by atoms with E-state index in [0.29, 0.717) is 23.0 Å². The second kappa shape index (κ2) is 5.55. The van der Waals surface area contributed by atoms with Crippen LogP contribution < -0.4 is 15.6 Å². The Hall–Kier alpha value is -2.37. The number of benzene rings is 1. The van der Waals surface area contributed by atoms with Crippen LogP contribution in [0.1, 0.15) is 18.4 Å². The van der Waals surface area contributed by atoms with Crippen LogP contribution in [0.2, 0.25) is 0 Å². The van der Waals surface area contributed by atoms with Gasteiger partial charge in [0.1, 0.15) is 11.6 Å².